The van der Waals surface area contributed by atoms with Crippen molar-refractivity contribution < 1.29 is 24.2 Å². The molecule has 1 unspecified atom stereocenters. The fourth-order valence-electron chi connectivity index (χ4n) is 1.74. The molecule has 0 saturated heterocycles. The summed E-state index contributed by atoms with van der Waals surface area (Å²) in [6.45, 7) is 1.12. The highest BCUT2D eigenvalue weighted by atomic mass is 79.9. The van der Waals surface area contributed by atoms with Crippen LogP contribution in [-0.2, 0) is 4.79 Å². The van der Waals surface area contributed by atoms with Crippen LogP contribution >= 0.6 is 15.9 Å². The number of fused-ring (bicyclic) bond motifs is 1. The highest BCUT2D eigenvalue weighted by molar-refractivity contribution is 9.10. The predicted octanol–water partition coefficient (Wildman–Crippen LogP) is 2.27. The topological polar surface area (TPSA) is 72.8 Å². The summed E-state index contributed by atoms with van der Waals surface area (Å²) in [5.41, 5.74) is 0.410. The fourth-order valence-corrected chi connectivity index (χ4v) is 2.28. The first-order valence-electron chi connectivity index (χ1n) is 5.87. The van der Waals surface area contributed by atoms with E-state index in [0.29, 0.717) is 30.3 Å². The first-order valence-corrected chi connectivity index (χ1v) is 6.79. The summed E-state index contributed by atoms with van der Waals surface area (Å²) in [6.07, 6.45) is 0.533. The molecular weight excluding hydrogens is 316 g/mol. The van der Waals surface area contributed by atoms with Crippen LogP contribution in [-0.4, -0.2) is 34.9 Å². The Morgan fingerprint density at radius 1 is 1.26 bits per heavy atom. The number of Topliss-reactive ketones (excluding diaryl/α,β-unsaturated/α-hetero) is 1. The molecule has 1 aromatic rings. The van der Waals surface area contributed by atoms with Gasteiger partial charge in [-0.25, -0.2) is 0 Å². The van der Waals surface area contributed by atoms with Crippen molar-refractivity contribution in [3.8, 4) is 11.5 Å². The van der Waals surface area contributed by atoms with Crippen LogP contribution in [0.15, 0.2) is 18.2 Å². The molecule has 0 aromatic heterocycles. The van der Waals surface area contributed by atoms with E-state index in [4.69, 9.17) is 14.6 Å². The molecule has 5 nitrogen and oxygen atoms in total. The number of carboxylic acid groups (broad SMARTS) is 1. The highest BCUT2D eigenvalue weighted by Gasteiger charge is 2.21. The molecule has 0 radical (unpaired) electrons. The maximum Gasteiger partial charge on any atom is 0.304 e. The number of benzene rings is 1. The molecule has 102 valence electrons. The monoisotopic (exact) mass is 328 g/mol. The second kappa shape index (κ2) is 6.06. The normalized spacial score (nSPS) is 15.4. The summed E-state index contributed by atoms with van der Waals surface area (Å²) >= 11 is 3.09. The van der Waals surface area contributed by atoms with Crippen molar-refractivity contribution in [2.24, 2.45) is 0 Å². The lowest BCUT2D eigenvalue weighted by molar-refractivity contribution is -0.136. The zero-order valence-corrected chi connectivity index (χ0v) is 11.7. The molecule has 1 heterocycles. The molecule has 0 bridgehead atoms. The van der Waals surface area contributed by atoms with Crippen molar-refractivity contribution in [3.05, 3.63) is 23.8 Å². The van der Waals surface area contributed by atoms with Crippen molar-refractivity contribution in [3.63, 3.8) is 0 Å². The number of hydrogen-bond donors (Lipinski definition) is 1. The Labute approximate surface area is 118 Å². The van der Waals surface area contributed by atoms with Gasteiger partial charge in [0.25, 0.3) is 0 Å². The Morgan fingerprint density at radius 3 is 2.63 bits per heavy atom. The Bertz CT molecular complexity index is 500. The number of aliphatic carboxylic acids is 1. The van der Waals surface area contributed by atoms with Gasteiger partial charge in [-0.05, 0) is 18.2 Å². The second-order valence-corrected chi connectivity index (χ2v) is 5.25. The van der Waals surface area contributed by atoms with E-state index in [2.05, 4.69) is 15.9 Å². The molecule has 0 fully saturated rings. The number of ketones is 1. The number of carbonyl (C=O) groups is 2. The van der Waals surface area contributed by atoms with Gasteiger partial charge >= 0.3 is 5.97 Å². The minimum Gasteiger partial charge on any atom is -0.490 e. The van der Waals surface area contributed by atoms with Crippen LogP contribution in [0.3, 0.4) is 0 Å². The molecule has 0 amide bonds. The van der Waals surface area contributed by atoms with Gasteiger partial charge in [0.05, 0.1) is 24.5 Å². The van der Waals surface area contributed by atoms with Crippen LogP contribution in [0, 0.1) is 0 Å². The second-order valence-electron chi connectivity index (χ2n) is 4.14. The number of alkyl halides is 1. The molecule has 1 aromatic carbocycles. The molecule has 1 N–H and O–H groups in total. The molecule has 1 atom stereocenters. The lowest BCUT2D eigenvalue weighted by Gasteiger charge is -2.10. The number of halogens is 1. The maximum atomic E-state index is 12.0. The summed E-state index contributed by atoms with van der Waals surface area (Å²) in [7, 11) is 0. The molecule has 6 heteroatoms. The fraction of sp³-hybridized carbons (Fsp3) is 0.385. The maximum absolute atomic E-state index is 12.0. The lowest BCUT2D eigenvalue weighted by Crippen LogP contribution is -2.18. The van der Waals surface area contributed by atoms with Gasteiger partial charge in [0, 0.05) is 12.0 Å². The minimum absolute atomic E-state index is 0.257. The summed E-state index contributed by atoms with van der Waals surface area (Å²) in [5.74, 6) is -0.167. The molecule has 19 heavy (non-hydrogen) atoms. The number of hydrogen-bond acceptors (Lipinski definition) is 4. The summed E-state index contributed by atoms with van der Waals surface area (Å²) in [5, 5.41) is 8.68. The van der Waals surface area contributed by atoms with Crippen LogP contribution in [0.4, 0.5) is 0 Å². The van der Waals surface area contributed by atoms with E-state index in [0.717, 1.165) is 6.42 Å². The van der Waals surface area contributed by atoms with Gasteiger partial charge < -0.3 is 14.6 Å². The van der Waals surface area contributed by atoms with E-state index >= 15 is 0 Å². The SMILES string of the molecule is O=C(O)CC(Br)C(=O)c1ccc2c(c1)OCCCO2. The minimum atomic E-state index is -1.02. The average Bonchev–Trinajstić information content (AvgIpc) is 2.61. The Morgan fingerprint density at radius 2 is 1.95 bits per heavy atom. The molecule has 0 saturated carbocycles. The van der Waals surface area contributed by atoms with Gasteiger partial charge in [-0.15, -0.1) is 0 Å². The largest absolute Gasteiger partial charge is 0.490 e. The Balaban J connectivity index is 2.19. The van der Waals surface area contributed by atoms with Crippen LogP contribution in [0.2, 0.25) is 0 Å². The third-order valence-electron chi connectivity index (χ3n) is 2.67. The van der Waals surface area contributed by atoms with Crippen LogP contribution in [0.5, 0.6) is 11.5 Å². The highest BCUT2D eigenvalue weighted by Crippen LogP contribution is 2.31. The van der Waals surface area contributed by atoms with E-state index in [1.807, 2.05) is 0 Å². The summed E-state index contributed by atoms with van der Waals surface area (Å²) < 4.78 is 11.0. The standard InChI is InChI=1S/C13H13BrO5/c14-9(7-12(15)16)13(17)8-2-3-10-11(6-8)19-5-1-4-18-10/h2-3,6,9H,1,4-5,7H2,(H,15,16). The van der Waals surface area contributed by atoms with Crippen LogP contribution in [0.25, 0.3) is 0 Å². The summed E-state index contributed by atoms with van der Waals surface area (Å²) in [4.78, 5) is 21.9. The third kappa shape index (κ3) is 3.47. The van der Waals surface area contributed by atoms with Gasteiger partial charge in [0.15, 0.2) is 17.3 Å². The number of ether oxygens (including phenoxy) is 2. The van der Waals surface area contributed by atoms with E-state index in [1.165, 1.54) is 0 Å². The lowest BCUT2D eigenvalue weighted by atomic mass is 10.1. The average molecular weight is 329 g/mol. The van der Waals surface area contributed by atoms with E-state index < -0.39 is 10.8 Å². The smallest absolute Gasteiger partial charge is 0.304 e. The van der Waals surface area contributed by atoms with Gasteiger partial charge in [-0.1, -0.05) is 15.9 Å². The van der Waals surface area contributed by atoms with Crippen LogP contribution < -0.4 is 9.47 Å². The number of carbonyl (C=O) groups excluding carboxylic acids is 1. The number of rotatable bonds is 4. The molecule has 1 aliphatic rings. The van der Waals surface area contributed by atoms with Gasteiger partial charge in [0.2, 0.25) is 0 Å². The van der Waals surface area contributed by atoms with Crippen molar-refractivity contribution in [1.29, 1.82) is 0 Å². The zero-order valence-electron chi connectivity index (χ0n) is 10.1. The van der Waals surface area contributed by atoms with E-state index in [1.54, 1.807) is 18.2 Å². The molecule has 0 spiro atoms. The molecule has 1 aliphatic heterocycles. The summed E-state index contributed by atoms with van der Waals surface area (Å²) in [6, 6.07) is 4.89. The van der Waals surface area contributed by atoms with Crippen molar-refractivity contribution in [1.82, 2.24) is 0 Å². The van der Waals surface area contributed by atoms with Gasteiger partial charge in [-0.2, -0.15) is 0 Å². The van der Waals surface area contributed by atoms with E-state index in [-0.39, 0.29) is 12.2 Å². The third-order valence-corrected chi connectivity index (χ3v) is 3.41. The Hall–Kier alpha value is -1.56. The van der Waals surface area contributed by atoms with Crippen molar-refractivity contribution in [2.45, 2.75) is 17.7 Å². The first-order chi connectivity index (χ1) is 9.08. The quantitative estimate of drug-likeness (QED) is 0.678. The van der Waals surface area contributed by atoms with Gasteiger partial charge in [0.1, 0.15) is 0 Å². The van der Waals surface area contributed by atoms with Crippen molar-refractivity contribution in [2.75, 3.05) is 13.2 Å². The van der Waals surface area contributed by atoms with Crippen molar-refractivity contribution >= 4 is 27.7 Å². The Kier molecular flexibility index (Phi) is 4.42. The first kappa shape index (κ1) is 13.9. The molecule has 0 aliphatic carbocycles. The predicted molar refractivity (Wildman–Crippen MR) is 71.3 cm³/mol. The number of carboxylic acids is 1. The molecular formula is C13H13BrO5. The molecule has 2 rings (SSSR count). The van der Waals surface area contributed by atoms with E-state index in [9.17, 15) is 9.59 Å². The van der Waals surface area contributed by atoms with Gasteiger partial charge in [-0.3, -0.25) is 9.59 Å². The van der Waals surface area contributed by atoms with Crippen LogP contribution in [0.1, 0.15) is 23.2 Å². The zero-order chi connectivity index (χ0) is 13.8.